The number of benzene rings is 1. The van der Waals surface area contributed by atoms with Gasteiger partial charge in [0, 0.05) is 26.2 Å². The molecule has 0 atom stereocenters. The van der Waals surface area contributed by atoms with Gasteiger partial charge in [-0.1, -0.05) is 6.07 Å². The number of nitrogens with one attached hydrogen (secondary N) is 1. The summed E-state index contributed by atoms with van der Waals surface area (Å²) >= 11 is 0. The van der Waals surface area contributed by atoms with Crippen LogP contribution in [0.2, 0.25) is 0 Å². The third-order valence-electron chi connectivity index (χ3n) is 3.35. The SMILES string of the molecule is COc1ccc(C)cc1NC(=O)N1CCN(C=O)CC1. The van der Waals surface area contributed by atoms with Crippen LogP contribution in [-0.4, -0.2) is 55.5 Å². The molecule has 1 aliphatic rings. The number of piperazine rings is 1. The highest BCUT2D eigenvalue weighted by atomic mass is 16.5. The molecule has 20 heavy (non-hydrogen) atoms. The van der Waals surface area contributed by atoms with Crippen LogP contribution in [-0.2, 0) is 4.79 Å². The maximum atomic E-state index is 12.2. The van der Waals surface area contributed by atoms with Gasteiger partial charge in [-0.2, -0.15) is 0 Å². The standard InChI is InChI=1S/C14H19N3O3/c1-11-3-4-13(20-2)12(9-11)15-14(19)17-7-5-16(10-18)6-8-17/h3-4,9-10H,5-8H2,1-2H3,(H,15,19). The van der Waals surface area contributed by atoms with E-state index in [1.165, 1.54) is 0 Å². The molecule has 2 rings (SSSR count). The Kier molecular flexibility index (Phi) is 4.45. The van der Waals surface area contributed by atoms with Gasteiger partial charge >= 0.3 is 6.03 Å². The fourth-order valence-corrected chi connectivity index (χ4v) is 2.14. The van der Waals surface area contributed by atoms with Crippen molar-refractivity contribution in [3.8, 4) is 5.75 Å². The van der Waals surface area contributed by atoms with Crippen LogP contribution in [0.1, 0.15) is 5.56 Å². The number of amides is 3. The highest BCUT2D eigenvalue weighted by Crippen LogP contribution is 2.25. The van der Waals surface area contributed by atoms with Crippen molar-refractivity contribution in [1.29, 1.82) is 0 Å². The van der Waals surface area contributed by atoms with Gasteiger partial charge in [0.15, 0.2) is 0 Å². The number of hydrogen-bond donors (Lipinski definition) is 1. The van der Waals surface area contributed by atoms with Gasteiger partial charge in [-0.05, 0) is 24.6 Å². The van der Waals surface area contributed by atoms with E-state index in [0.29, 0.717) is 37.6 Å². The van der Waals surface area contributed by atoms with E-state index >= 15 is 0 Å². The Balaban J connectivity index is 2.01. The van der Waals surface area contributed by atoms with Gasteiger partial charge in [-0.15, -0.1) is 0 Å². The lowest BCUT2D eigenvalue weighted by Gasteiger charge is -2.32. The Hall–Kier alpha value is -2.24. The second-order valence-corrected chi connectivity index (χ2v) is 4.76. The summed E-state index contributed by atoms with van der Waals surface area (Å²) in [6.45, 7) is 4.18. The van der Waals surface area contributed by atoms with Crippen molar-refractivity contribution in [2.24, 2.45) is 0 Å². The summed E-state index contributed by atoms with van der Waals surface area (Å²) in [5.74, 6) is 0.635. The van der Waals surface area contributed by atoms with Crippen molar-refractivity contribution in [2.45, 2.75) is 6.92 Å². The van der Waals surface area contributed by atoms with Crippen LogP contribution < -0.4 is 10.1 Å². The summed E-state index contributed by atoms with van der Waals surface area (Å²) in [5, 5.41) is 2.86. The fraction of sp³-hybridized carbons (Fsp3) is 0.429. The monoisotopic (exact) mass is 277 g/mol. The summed E-state index contributed by atoms with van der Waals surface area (Å²) in [6.07, 6.45) is 0.818. The minimum atomic E-state index is -0.167. The predicted molar refractivity (Wildman–Crippen MR) is 76.0 cm³/mol. The highest BCUT2D eigenvalue weighted by Gasteiger charge is 2.20. The van der Waals surface area contributed by atoms with Crippen LogP contribution in [0.25, 0.3) is 0 Å². The molecule has 0 saturated carbocycles. The molecule has 108 valence electrons. The fourth-order valence-electron chi connectivity index (χ4n) is 2.14. The topological polar surface area (TPSA) is 61.9 Å². The first-order chi connectivity index (χ1) is 9.63. The first-order valence-corrected chi connectivity index (χ1v) is 6.54. The number of hydrogen-bond acceptors (Lipinski definition) is 3. The van der Waals surface area contributed by atoms with Crippen molar-refractivity contribution < 1.29 is 14.3 Å². The molecular weight excluding hydrogens is 258 g/mol. The van der Waals surface area contributed by atoms with Crippen LogP contribution in [0.3, 0.4) is 0 Å². The first-order valence-electron chi connectivity index (χ1n) is 6.54. The van der Waals surface area contributed by atoms with Crippen LogP contribution in [0.5, 0.6) is 5.75 Å². The normalized spacial score (nSPS) is 14.9. The second kappa shape index (κ2) is 6.27. The summed E-state index contributed by atoms with van der Waals surface area (Å²) in [7, 11) is 1.57. The van der Waals surface area contributed by atoms with Crippen molar-refractivity contribution in [1.82, 2.24) is 9.80 Å². The molecule has 1 aliphatic heterocycles. The van der Waals surface area contributed by atoms with Gasteiger partial charge in [0.2, 0.25) is 6.41 Å². The van der Waals surface area contributed by atoms with Crippen LogP contribution in [0.15, 0.2) is 18.2 Å². The van der Waals surface area contributed by atoms with E-state index in [1.54, 1.807) is 16.9 Å². The Morgan fingerprint density at radius 3 is 2.60 bits per heavy atom. The molecular formula is C14H19N3O3. The Labute approximate surface area is 118 Å². The summed E-state index contributed by atoms with van der Waals surface area (Å²) in [6, 6.07) is 5.46. The molecule has 0 unspecified atom stereocenters. The largest absolute Gasteiger partial charge is 0.495 e. The Bertz CT molecular complexity index is 496. The molecule has 0 aromatic heterocycles. The van der Waals surface area contributed by atoms with E-state index in [9.17, 15) is 9.59 Å². The zero-order valence-electron chi connectivity index (χ0n) is 11.8. The number of aryl methyl sites for hydroxylation is 1. The zero-order chi connectivity index (χ0) is 14.5. The van der Waals surface area contributed by atoms with Crippen molar-refractivity contribution >= 4 is 18.1 Å². The molecule has 3 amide bonds. The van der Waals surface area contributed by atoms with Gasteiger partial charge in [-0.3, -0.25) is 4.79 Å². The van der Waals surface area contributed by atoms with E-state index < -0.39 is 0 Å². The van der Waals surface area contributed by atoms with Gasteiger partial charge in [-0.25, -0.2) is 4.79 Å². The average molecular weight is 277 g/mol. The molecule has 1 aromatic carbocycles. The van der Waals surface area contributed by atoms with Gasteiger partial charge in [0.25, 0.3) is 0 Å². The lowest BCUT2D eigenvalue weighted by atomic mass is 10.2. The molecule has 0 aliphatic carbocycles. The Morgan fingerprint density at radius 2 is 2.00 bits per heavy atom. The van der Waals surface area contributed by atoms with E-state index in [1.807, 2.05) is 25.1 Å². The highest BCUT2D eigenvalue weighted by molar-refractivity contribution is 5.91. The molecule has 6 heteroatoms. The molecule has 1 fully saturated rings. The maximum Gasteiger partial charge on any atom is 0.322 e. The lowest BCUT2D eigenvalue weighted by Crippen LogP contribution is -2.49. The molecule has 1 heterocycles. The predicted octanol–water partition coefficient (Wildman–Crippen LogP) is 1.31. The lowest BCUT2D eigenvalue weighted by molar-refractivity contribution is -0.119. The number of carbonyl (C=O) groups is 2. The van der Waals surface area contributed by atoms with Crippen LogP contribution in [0.4, 0.5) is 10.5 Å². The van der Waals surface area contributed by atoms with Gasteiger partial charge < -0.3 is 19.9 Å². The van der Waals surface area contributed by atoms with Gasteiger partial charge in [0.05, 0.1) is 12.8 Å². The average Bonchev–Trinajstić information content (AvgIpc) is 2.47. The minimum absolute atomic E-state index is 0.167. The van der Waals surface area contributed by atoms with E-state index in [4.69, 9.17) is 4.74 Å². The molecule has 6 nitrogen and oxygen atoms in total. The molecule has 0 spiro atoms. The number of nitrogens with zero attached hydrogens (tertiary/aromatic N) is 2. The summed E-state index contributed by atoms with van der Waals surface area (Å²) in [5.41, 5.74) is 1.71. The third-order valence-corrected chi connectivity index (χ3v) is 3.35. The summed E-state index contributed by atoms with van der Waals surface area (Å²) in [4.78, 5) is 26.2. The van der Waals surface area contributed by atoms with E-state index in [-0.39, 0.29) is 6.03 Å². The number of methoxy groups -OCH3 is 1. The Morgan fingerprint density at radius 1 is 1.30 bits per heavy atom. The molecule has 1 aromatic rings. The molecule has 0 bridgehead atoms. The number of carbonyl (C=O) groups excluding carboxylic acids is 2. The maximum absolute atomic E-state index is 12.2. The van der Waals surface area contributed by atoms with Gasteiger partial charge in [0.1, 0.15) is 5.75 Å². The van der Waals surface area contributed by atoms with E-state index in [2.05, 4.69) is 5.32 Å². The van der Waals surface area contributed by atoms with Crippen LogP contribution in [0, 0.1) is 6.92 Å². The first kappa shape index (κ1) is 14.2. The number of urea groups is 1. The molecule has 0 radical (unpaired) electrons. The molecule has 1 N–H and O–H groups in total. The van der Waals surface area contributed by atoms with E-state index in [0.717, 1.165) is 12.0 Å². The van der Waals surface area contributed by atoms with Crippen LogP contribution >= 0.6 is 0 Å². The van der Waals surface area contributed by atoms with Crippen molar-refractivity contribution in [2.75, 3.05) is 38.6 Å². The zero-order valence-corrected chi connectivity index (χ0v) is 11.8. The summed E-state index contributed by atoms with van der Waals surface area (Å²) < 4.78 is 5.24. The van der Waals surface area contributed by atoms with Crippen molar-refractivity contribution in [3.63, 3.8) is 0 Å². The minimum Gasteiger partial charge on any atom is -0.495 e. The second-order valence-electron chi connectivity index (χ2n) is 4.76. The third kappa shape index (κ3) is 3.20. The van der Waals surface area contributed by atoms with Crippen molar-refractivity contribution in [3.05, 3.63) is 23.8 Å². The molecule has 1 saturated heterocycles. The number of rotatable bonds is 3. The smallest absolute Gasteiger partial charge is 0.322 e. The number of ether oxygens (including phenoxy) is 1. The number of anilines is 1. The quantitative estimate of drug-likeness (QED) is 0.847.